The Kier molecular flexibility index (Phi) is 1.94. The average Bonchev–Trinajstić information content (AvgIpc) is 2.89. The van der Waals surface area contributed by atoms with Gasteiger partial charge < -0.3 is 4.90 Å². The molecule has 3 heteroatoms. The van der Waals surface area contributed by atoms with Crippen molar-refractivity contribution in [2.45, 2.75) is 20.3 Å². The molecular formula is C13H15N3. The Balaban J connectivity index is 2.01. The number of nitrogens with zero attached hydrogens (tertiary/aromatic N) is 3. The fourth-order valence-corrected chi connectivity index (χ4v) is 2.63. The van der Waals surface area contributed by atoms with E-state index in [4.69, 9.17) is 0 Å². The minimum atomic E-state index is 0.765. The van der Waals surface area contributed by atoms with Crippen molar-refractivity contribution in [3.8, 4) is 6.07 Å². The molecule has 2 atom stereocenters. The smallest absolute Gasteiger partial charge is 0.146 e. The summed E-state index contributed by atoms with van der Waals surface area (Å²) in [5.41, 5.74) is 2.94. The van der Waals surface area contributed by atoms with Gasteiger partial charge in [-0.2, -0.15) is 5.26 Å². The lowest BCUT2D eigenvalue weighted by Crippen LogP contribution is -2.24. The van der Waals surface area contributed by atoms with Crippen molar-refractivity contribution in [3.63, 3.8) is 0 Å². The minimum absolute atomic E-state index is 0.765. The number of fused-ring (bicyclic) bond motifs is 1. The lowest BCUT2D eigenvalue weighted by atomic mass is 10.1. The van der Waals surface area contributed by atoms with Crippen molar-refractivity contribution < 1.29 is 0 Å². The molecule has 0 spiro atoms. The van der Waals surface area contributed by atoms with Gasteiger partial charge in [0.25, 0.3) is 0 Å². The predicted molar refractivity (Wildman–Crippen MR) is 62.2 cm³/mol. The van der Waals surface area contributed by atoms with Crippen molar-refractivity contribution in [3.05, 3.63) is 22.9 Å². The van der Waals surface area contributed by atoms with E-state index in [2.05, 4.69) is 16.0 Å². The van der Waals surface area contributed by atoms with Crippen molar-refractivity contribution in [1.29, 1.82) is 5.26 Å². The fourth-order valence-electron chi connectivity index (χ4n) is 2.63. The fraction of sp³-hybridized carbons (Fsp3) is 0.538. The van der Waals surface area contributed by atoms with E-state index < -0.39 is 0 Å². The molecule has 1 aromatic rings. The summed E-state index contributed by atoms with van der Waals surface area (Å²) in [6.07, 6.45) is 3.26. The van der Waals surface area contributed by atoms with Crippen LogP contribution in [0.4, 0.5) is 5.82 Å². The number of anilines is 1. The highest BCUT2D eigenvalue weighted by atomic mass is 15.2. The van der Waals surface area contributed by atoms with Crippen LogP contribution in [0.25, 0.3) is 0 Å². The van der Waals surface area contributed by atoms with Crippen LogP contribution in [-0.2, 0) is 0 Å². The predicted octanol–water partition coefficient (Wildman–Crippen LogP) is 2.03. The Labute approximate surface area is 95.7 Å². The largest absolute Gasteiger partial charge is 0.355 e. The minimum Gasteiger partial charge on any atom is -0.355 e. The van der Waals surface area contributed by atoms with Crippen LogP contribution in [0.1, 0.15) is 23.1 Å². The van der Waals surface area contributed by atoms with Gasteiger partial charge in [0.2, 0.25) is 0 Å². The molecule has 1 aliphatic heterocycles. The van der Waals surface area contributed by atoms with E-state index in [0.717, 1.165) is 47.4 Å². The second kappa shape index (κ2) is 3.21. The van der Waals surface area contributed by atoms with E-state index >= 15 is 0 Å². The molecule has 3 rings (SSSR count). The summed E-state index contributed by atoms with van der Waals surface area (Å²) in [5, 5.41) is 9.24. The standard InChI is InChI=1S/C13H15N3/c1-8-5-15-13(12(4-14)9(8)2)16-6-10-3-11(10)7-16/h5,10-11H,3,6-7H2,1-2H3. The van der Waals surface area contributed by atoms with Crippen LogP contribution in [0.5, 0.6) is 0 Å². The molecule has 0 bridgehead atoms. The zero-order chi connectivity index (χ0) is 11.3. The highest BCUT2D eigenvalue weighted by Crippen LogP contribution is 2.46. The molecular weight excluding hydrogens is 198 g/mol. The molecule has 0 aromatic carbocycles. The number of aromatic nitrogens is 1. The molecule has 2 fully saturated rings. The van der Waals surface area contributed by atoms with Crippen molar-refractivity contribution in [1.82, 2.24) is 4.98 Å². The van der Waals surface area contributed by atoms with Crippen LogP contribution < -0.4 is 4.90 Å². The monoisotopic (exact) mass is 213 g/mol. The third-order valence-corrected chi connectivity index (χ3v) is 3.96. The summed E-state index contributed by atoms with van der Waals surface area (Å²) in [4.78, 5) is 6.73. The SMILES string of the molecule is Cc1cnc(N2CC3CC3C2)c(C#N)c1C. The van der Waals surface area contributed by atoms with Gasteiger partial charge >= 0.3 is 0 Å². The first kappa shape index (κ1) is 9.65. The number of aryl methyl sites for hydroxylation is 1. The maximum absolute atomic E-state index is 9.24. The van der Waals surface area contributed by atoms with Crippen molar-refractivity contribution in [2.75, 3.05) is 18.0 Å². The highest BCUT2D eigenvalue weighted by molar-refractivity contribution is 5.59. The normalized spacial score (nSPS) is 26.4. The van der Waals surface area contributed by atoms with Gasteiger partial charge in [0.05, 0.1) is 5.56 Å². The zero-order valence-electron chi connectivity index (χ0n) is 9.70. The van der Waals surface area contributed by atoms with Crippen LogP contribution in [0, 0.1) is 37.0 Å². The number of nitriles is 1. The quantitative estimate of drug-likeness (QED) is 0.716. The molecule has 16 heavy (non-hydrogen) atoms. The molecule has 2 aliphatic rings. The van der Waals surface area contributed by atoms with Crippen LogP contribution >= 0.6 is 0 Å². The molecule has 0 radical (unpaired) electrons. The Morgan fingerprint density at radius 1 is 1.38 bits per heavy atom. The lowest BCUT2D eigenvalue weighted by Gasteiger charge is -2.21. The number of rotatable bonds is 1. The first-order chi connectivity index (χ1) is 7.70. The first-order valence-electron chi connectivity index (χ1n) is 5.82. The maximum atomic E-state index is 9.24. The van der Waals surface area contributed by atoms with Gasteiger partial charge in [-0.3, -0.25) is 0 Å². The van der Waals surface area contributed by atoms with Crippen LogP contribution in [0.2, 0.25) is 0 Å². The van der Waals surface area contributed by atoms with Crippen molar-refractivity contribution in [2.24, 2.45) is 11.8 Å². The summed E-state index contributed by atoms with van der Waals surface area (Å²) in [7, 11) is 0. The molecule has 82 valence electrons. The lowest BCUT2D eigenvalue weighted by molar-refractivity contribution is 0.802. The molecule has 1 aliphatic carbocycles. The van der Waals surface area contributed by atoms with E-state index in [1.807, 2.05) is 20.0 Å². The Morgan fingerprint density at radius 2 is 2.06 bits per heavy atom. The van der Waals surface area contributed by atoms with Gasteiger partial charge in [0.15, 0.2) is 0 Å². The van der Waals surface area contributed by atoms with E-state index in [1.54, 1.807) is 0 Å². The third-order valence-electron chi connectivity index (χ3n) is 3.96. The average molecular weight is 213 g/mol. The van der Waals surface area contributed by atoms with Crippen LogP contribution in [0.15, 0.2) is 6.20 Å². The first-order valence-corrected chi connectivity index (χ1v) is 5.82. The van der Waals surface area contributed by atoms with E-state index in [0.29, 0.717) is 0 Å². The molecule has 2 unspecified atom stereocenters. The van der Waals surface area contributed by atoms with Gasteiger partial charge in [-0.25, -0.2) is 4.98 Å². The number of hydrogen-bond donors (Lipinski definition) is 0. The third kappa shape index (κ3) is 1.30. The summed E-state index contributed by atoms with van der Waals surface area (Å²) in [6.45, 7) is 6.20. The second-order valence-electron chi connectivity index (χ2n) is 5.04. The molecule has 3 nitrogen and oxygen atoms in total. The van der Waals surface area contributed by atoms with Crippen molar-refractivity contribution >= 4 is 5.82 Å². The molecule has 0 amide bonds. The van der Waals surface area contributed by atoms with Gasteiger partial charge in [-0.1, -0.05) is 0 Å². The topological polar surface area (TPSA) is 39.9 Å². The maximum Gasteiger partial charge on any atom is 0.146 e. The molecule has 1 saturated carbocycles. The van der Waals surface area contributed by atoms with Gasteiger partial charge in [0, 0.05) is 19.3 Å². The Bertz CT molecular complexity index is 477. The Hall–Kier alpha value is -1.56. The molecule has 2 heterocycles. The summed E-state index contributed by atoms with van der Waals surface area (Å²) >= 11 is 0. The molecule has 1 saturated heterocycles. The zero-order valence-corrected chi connectivity index (χ0v) is 9.70. The van der Waals surface area contributed by atoms with Crippen LogP contribution in [-0.4, -0.2) is 18.1 Å². The second-order valence-corrected chi connectivity index (χ2v) is 5.04. The van der Waals surface area contributed by atoms with Gasteiger partial charge in [0.1, 0.15) is 11.9 Å². The number of piperidine rings is 1. The van der Waals surface area contributed by atoms with E-state index in [9.17, 15) is 5.26 Å². The molecule has 1 aromatic heterocycles. The van der Waals surface area contributed by atoms with Gasteiger partial charge in [-0.05, 0) is 43.2 Å². The molecule has 0 N–H and O–H groups in total. The van der Waals surface area contributed by atoms with E-state index in [1.165, 1.54) is 6.42 Å². The summed E-state index contributed by atoms with van der Waals surface area (Å²) in [6, 6.07) is 2.31. The van der Waals surface area contributed by atoms with Gasteiger partial charge in [-0.15, -0.1) is 0 Å². The Morgan fingerprint density at radius 3 is 2.69 bits per heavy atom. The highest BCUT2D eigenvalue weighted by Gasteiger charge is 2.45. The summed E-state index contributed by atoms with van der Waals surface area (Å²) in [5.74, 6) is 2.64. The van der Waals surface area contributed by atoms with E-state index in [-0.39, 0.29) is 0 Å². The van der Waals surface area contributed by atoms with Crippen LogP contribution in [0.3, 0.4) is 0 Å². The number of pyridine rings is 1. The summed E-state index contributed by atoms with van der Waals surface area (Å²) < 4.78 is 0. The number of hydrogen-bond acceptors (Lipinski definition) is 3.